The summed E-state index contributed by atoms with van der Waals surface area (Å²) in [5, 5.41) is 0. The second-order valence-electron chi connectivity index (χ2n) is 2.47. The molecular weight excluding hydrogens is 300 g/mol. The van der Waals surface area contributed by atoms with E-state index in [-0.39, 0.29) is 54.2 Å². The van der Waals surface area contributed by atoms with Crippen molar-refractivity contribution in [2.24, 2.45) is 0 Å². The van der Waals surface area contributed by atoms with Gasteiger partial charge in [-0.25, -0.2) is 0 Å². The molecule has 0 aromatic rings. The number of halogens is 1. The van der Waals surface area contributed by atoms with Crippen LogP contribution in [0.4, 0.5) is 0 Å². The van der Waals surface area contributed by atoms with Gasteiger partial charge in [-0.2, -0.15) is 0 Å². The van der Waals surface area contributed by atoms with Crippen LogP contribution in [0, 0.1) is 53.7 Å². The maximum absolute atomic E-state index is 7.12. The van der Waals surface area contributed by atoms with Crippen LogP contribution in [0.3, 0.4) is 0 Å². The van der Waals surface area contributed by atoms with Crippen LogP contribution < -0.4 is 0 Å². The molecule has 0 aliphatic rings. The topological polar surface area (TPSA) is 0 Å². The van der Waals surface area contributed by atoms with Crippen molar-refractivity contribution < 1.29 is 41.7 Å². The molecule has 0 spiro atoms. The van der Waals surface area contributed by atoms with Gasteiger partial charge in [0.2, 0.25) is 0 Å². The molecule has 0 aromatic carbocycles. The standard InChI is InChI=1S/C8H15Si.Ce.ClH/c1-5-9(6-2,7-3)8-4;;/h5-7H2,1-3H3;;1H/q-1;;. The fraction of sp³-hybridized carbons (Fsp3) is 0.750. The molecular formula is C8H16CeClSi-. The Morgan fingerprint density at radius 2 is 1.36 bits per heavy atom. The van der Waals surface area contributed by atoms with Crippen molar-refractivity contribution in [3.63, 3.8) is 0 Å². The number of hydrogen-bond donors (Lipinski definition) is 0. The average Bonchev–Trinajstić information content (AvgIpc) is 1.95. The van der Waals surface area contributed by atoms with Gasteiger partial charge in [0.05, 0.1) is 8.07 Å². The molecule has 0 saturated heterocycles. The minimum atomic E-state index is -1.27. The predicted octanol–water partition coefficient (Wildman–Crippen LogP) is 3.05. The molecule has 0 rings (SSSR count). The molecule has 0 saturated carbocycles. The summed E-state index contributed by atoms with van der Waals surface area (Å²) in [5.41, 5.74) is 2.75. The molecule has 0 radical (unpaired) electrons. The van der Waals surface area contributed by atoms with Gasteiger partial charge < -0.3 is 12.0 Å². The third-order valence-corrected chi connectivity index (χ3v) is 6.89. The van der Waals surface area contributed by atoms with Gasteiger partial charge in [0, 0.05) is 41.7 Å². The Kier molecular flexibility index (Phi) is 15.8. The molecule has 0 unspecified atom stereocenters. The van der Waals surface area contributed by atoms with E-state index in [0.29, 0.717) is 0 Å². The summed E-state index contributed by atoms with van der Waals surface area (Å²) in [6.07, 6.45) is 7.12. The zero-order valence-electron chi connectivity index (χ0n) is 7.53. The molecule has 0 aliphatic carbocycles. The smallest absolute Gasteiger partial charge is 0.0891 e. The van der Waals surface area contributed by atoms with Crippen LogP contribution in [0.25, 0.3) is 0 Å². The summed E-state index contributed by atoms with van der Waals surface area (Å²) >= 11 is 0. The van der Waals surface area contributed by atoms with Crippen molar-refractivity contribution >= 4 is 20.5 Å². The zero-order chi connectivity index (χ0) is 7.33. The molecule has 0 aliphatic heterocycles. The summed E-state index contributed by atoms with van der Waals surface area (Å²) in [5.74, 6) is 0. The second-order valence-corrected chi connectivity index (χ2v) is 7.40. The van der Waals surface area contributed by atoms with Crippen LogP contribution in [0.15, 0.2) is 0 Å². The Hall–Kier alpha value is 1.44. The molecule has 0 atom stereocenters. The Morgan fingerprint density at radius 1 is 1.09 bits per heavy atom. The van der Waals surface area contributed by atoms with E-state index in [1.807, 2.05) is 0 Å². The molecule has 11 heavy (non-hydrogen) atoms. The van der Waals surface area contributed by atoms with Crippen molar-refractivity contribution in [2.75, 3.05) is 0 Å². The third kappa shape index (κ3) is 5.65. The van der Waals surface area contributed by atoms with Gasteiger partial charge in [-0.05, 0) is 0 Å². The summed E-state index contributed by atoms with van der Waals surface area (Å²) in [6, 6.07) is 3.55. The Labute approximate surface area is 112 Å². The fourth-order valence-electron chi connectivity index (χ4n) is 1.02. The first kappa shape index (κ1) is 18.3. The summed E-state index contributed by atoms with van der Waals surface area (Å²) < 4.78 is 0. The van der Waals surface area contributed by atoms with Crippen molar-refractivity contribution in [1.82, 2.24) is 0 Å². The third-order valence-electron chi connectivity index (χ3n) is 2.30. The monoisotopic (exact) mass is 315 g/mol. The van der Waals surface area contributed by atoms with Gasteiger partial charge in [0.15, 0.2) is 0 Å². The first-order chi connectivity index (χ1) is 4.24. The normalized spacial score (nSPS) is 8.91. The van der Waals surface area contributed by atoms with Crippen LogP contribution in [-0.2, 0) is 0 Å². The van der Waals surface area contributed by atoms with E-state index in [4.69, 9.17) is 6.42 Å². The van der Waals surface area contributed by atoms with Gasteiger partial charge in [-0.1, -0.05) is 38.9 Å². The van der Waals surface area contributed by atoms with Gasteiger partial charge in [-0.15, -0.1) is 12.4 Å². The van der Waals surface area contributed by atoms with Crippen molar-refractivity contribution in [3.8, 4) is 5.54 Å². The Bertz CT molecular complexity index is 107. The summed E-state index contributed by atoms with van der Waals surface area (Å²) in [7, 11) is -1.27. The van der Waals surface area contributed by atoms with Crippen LogP contribution in [0.1, 0.15) is 20.8 Å². The first-order valence-corrected chi connectivity index (χ1v) is 6.30. The average molecular weight is 316 g/mol. The Balaban J connectivity index is -0.000000320. The van der Waals surface area contributed by atoms with Crippen LogP contribution in [0.5, 0.6) is 0 Å². The largest absolute Gasteiger partial charge is 0.701 e. The van der Waals surface area contributed by atoms with E-state index in [9.17, 15) is 0 Å². The zero-order valence-corrected chi connectivity index (χ0v) is 12.5. The molecule has 3 heteroatoms. The molecule has 0 amide bonds. The maximum Gasteiger partial charge on any atom is 0.0891 e. The molecule has 0 nitrogen and oxygen atoms in total. The molecule has 0 N–H and O–H groups in total. The maximum atomic E-state index is 7.12. The quantitative estimate of drug-likeness (QED) is 0.426. The van der Waals surface area contributed by atoms with E-state index in [1.54, 1.807) is 0 Å². The molecule has 0 heterocycles. The molecule has 0 bridgehead atoms. The van der Waals surface area contributed by atoms with Crippen molar-refractivity contribution in [2.45, 2.75) is 38.9 Å². The first-order valence-electron chi connectivity index (χ1n) is 3.68. The van der Waals surface area contributed by atoms with E-state index >= 15 is 0 Å². The number of rotatable bonds is 3. The van der Waals surface area contributed by atoms with Crippen LogP contribution in [-0.4, -0.2) is 8.07 Å². The Morgan fingerprint density at radius 3 is 1.36 bits per heavy atom. The predicted molar refractivity (Wildman–Crippen MR) is 51.6 cm³/mol. The number of hydrogen-bond acceptors (Lipinski definition) is 0. The molecule has 0 fully saturated rings. The van der Waals surface area contributed by atoms with Crippen LogP contribution >= 0.6 is 12.4 Å². The fourth-order valence-corrected chi connectivity index (χ4v) is 3.05. The SMILES string of the molecule is Cl.[C-]#C[Si](CC)(CC)CC.[Ce]. The van der Waals surface area contributed by atoms with Crippen molar-refractivity contribution in [3.05, 3.63) is 6.42 Å². The summed E-state index contributed by atoms with van der Waals surface area (Å²) in [6.45, 7) is 6.54. The summed E-state index contributed by atoms with van der Waals surface area (Å²) in [4.78, 5) is 0. The van der Waals surface area contributed by atoms with Gasteiger partial charge in [-0.3, -0.25) is 0 Å². The van der Waals surface area contributed by atoms with E-state index in [1.165, 1.54) is 18.1 Å². The van der Waals surface area contributed by atoms with Gasteiger partial charge in [0.25, 0.3) is 0 Å². The van der Waals surface area contributed by atoms with Gasteiger partial charge in [0.1, 0.15) is 0 Å². The van der Waals surface area contributed by atoms with E-state index < -0.39 is 8.07 Å². The van der Waals surface area contributed by atoms with E-state index in [2.05, 4.69) is 26.3 Å². The minimum Gasteiger partial charge on any atom is -0.701 e. The van der Waals surface area contributed by atoms with Crippen molar-refractivity contribution in [1.29, 1.82) is 0 Å². The van der Waals surface area contributed by atoms with Crippen LogP contribution in [0.2, 0.25) is 18.1 Å². The second kappa shape index (κ2) is 9.53. The minimum absolute atomic E-state index is 0. The van der Waals surface area contributed by atoms with E-state index in [0.717, 1.165) is 0 Å². The van der Waals surface area contributed by atoms with Gasteiger partial charge >= 0.3 is 0 Å². The molecule has 0 aromatic heterocycles. The molecule has 64 valence electrons.